The Morgan fingerprint density at radius 2 is 0.891 bits per heavy atom. The summed E-state index contributed by atoms with van der Waals surface area (Å²) >= 11 is 0. The van der Waals surface area contributed by atoms with Crippen LogP contribution in [-0.2, 0) is 0 Å². The zero-order valence-corrected chi connectivity index (χ0v) is 30.5. The molecular formula is C52H37N3. The second-order valence-corrected chi connectivity index (χ2v) is 14.1. The smallest absolute Gasteiger partial charge is 0.0711 e. The fourth-order valence-corrected chi connectivity index (χ4v) is 8.16. The van der Waals surface area contributed by atoms with Gasteiger partial charge in [-0.15, -0.1) is 0 Å². The van der Waals surface area contributed by atoms with Crippen LogP contribution in [0.4, 0.5) is 5.69 Å². The molecule has 0 atom stereocenters. The number of benzene rings is 8. The molecule has 0 aliphatic heterocycles. The highest BCUT2D eigenvalue weighted by atomic mass is 15.0. The average molecular weight is 704 g/mol. The van der Waals surface area contributed by atoms with E-state index in [0.29, 0.717) is 0 Å². The molecule has 0 aliphatic rings. The molecule has 0 bridgehead atoms. The van der Waals surface area contributed by atoms with Crippen molar-refractivity contribution in [2.45, 2.75) is 6.92 Å². The summed E-state index contributed by atoms with van der Waals surface area (Å²) in [7, 11) is 0. The Kier molecular flexibility index (Phi) is 7.85. The predicted molar refractivity (Wildman–Crippen MR) is 233 cm³/mol. The van der Waals surface area contributed by atoms with Gasteiger partial charge in [0, 0.05) is 44.2 Å². The molecule has 0 fully saturated rings. The molecule has 0 aliphatic carbocycles. The van der Waals surface area contributed by atoms with Crippen LogP contribution in [0.5, 0.6) is 0 Å². The minimum Gasteiger partial charge on any atom is -0.309 e. The summed E-state index contributed by atoms with van der Waals surface area (Å²) in [4.78, 5) is 5.11. The van der Waals surface area contributed by atoms with Gasteiger partial charge in [0.05, 0.1) is 27.8 Å². The van der Waals surface area contributed by atoms with E-state index in [4.69, 9.17) is 4.99 Å². The molecule has 2 aromatic heterocycles. The van der Waals surface area contributed by atoms with E-state index in [2.05, 4.69) is 186 Å². The Hall–Kier alpha value is -7.23. The lowest BCUT2D eigenvalue weighted by molar-refractivity contribution is 1.18. The number of aromatic nitrogens is 2. The maximum atomic E-state index is 5.11. The van der Waals surface area contributed by atoms with Gasteiger partial charge in [-0.2, -0.15) is 0 Å². The first-order valence-corrected chi connectivity index (χ1v) is 18.7. The van der Waals surface area contributed by atoms with Gasteiger partial charge in [0.25, 0.3) is 0 Å². The fourth-order valence-electron chi connectivity index (χ4n) is 8.16. The summed E-state index contributed by atoms with van der Waals surface area (Å²) < 4.78 is 4.74. The molecular weight excluding hydrogens is 667 g/mol. The monoisotopic (exact) mass is 703 g/mol. The summed E-state index contributed by atoms with van der Waals surface area (Å²) in [6, 6.07) is 69.2. The molecule has 0 amide bonds. The lowest BCUT2D eigenvalue weighted by atomic mass is 9.98. The van der Waals surface area contributed by atoms with Gasteiger partial charge in [0.1, 0.15) is 0 Å². The fraction of sp³-hybridized carbons (Fsp3) is 0.0192. The second kappa shape index (κ2) is 13.3. The standard InChI is InChI=1S/C52H37N3/c1-35(37-15-5-3-6-16-37)43-19-9-12-22-48(43)53-36(2)38-25-29-42(30-26-38)55-50-24-14-11-21-45(50)47-34-40(28-32-52(47)55)39-27-31-51-46(33-39)44-20-10-13-23-49(44)54(51)41-17-7-4-8-18-41/h3-34H,1H2,2H3. The van der Waals surface area contributed by atoms with Crippen LogP contribution in [0.3, 0.4) is 0 Å². The Balaban J connectivity index is 1.02. The highest BCUT2D eigenvalue weighted by Gasteiger charge is 2.16. The first-order chi connectivity index (χ1) is 27.1. The van der Waals surface area contributed by atoms with Crippen LogP contribution in [-0.4, -0.2) is 14.8 Å². The lowest BCUT2D eigenvalue weighted by Gasteiger charge is -2.12. The first-order valence-electron chi connectivity index (χ1n) is 18.7. The van der Waals surface area contributed by atoms with Gasteiger partial charge >= 0.3 is 0 Å². The number of nitrogens with zero attached hydrogens (tertiary/aromatic N) is 3. The average Bonchev–Trinajstić information content (AvgIpc) is 3.76. The van der Waals surface area contributed by atoms with Crippen molar-refractivity contribution >= 4 is 60.6 Å². The van der Waals surface area contributed by atoms with Crippen molar-refractivity contribution in [1.29, 1.82) is 0 Å². The SMILES string of the molecule is C=C(c1ccccc1)c1ccccc1N=C(C)c1ccc(-n2c3ccccc3c3cc(-c4ccc5c(c4)c4ccccc4n5-c4ccccc4)ccc32)cc1. The van der Waals surface area contributed by atoms with Crippen molar-refractivity contribution in [2.24, 2.45) is 4.99 Å². The van der Waals surface area contributed by atoms with E-state index in [-0.39, 0.29) is 0 Å². The van der Waals surface area contributed by atoms with E-state index >= 15 is 0 Å². The Morgan fingerprint density at radius 1 is 0.418 bits per heavy atom. The number of aliphatic imine (C=N–C) groups is 1. The summed E-state index contributed by atoms with van der Waals surface area (Å²) in [5.41, 5.74) is 15.5. The summed E-state index contributed by atoms with van der Waals surface area (Å²) in [6.07, 6.45) is 0. The van der Waals surface area contributed by atoms with Gasteiger partial charge in [-0.1, -0.05) is 134 Å². The number of fused-ring (bicyclic) bond motifs is 6. The second-order valence-electron chi connectivity index (χ2n) is 14.1. The Morgan fingerprint density at radius 3 is 1.49 bits per heavy atom. The molecule has 3 heteroatoms. The largest absolute Gasteiger partial charge is 0.309 e. The molecule has 55 heavy (non-hydrogen) atoms. The zero-order valence-electron chi connectivity index (χ0n) is 30.5. The Labute approximate surface area is 320 Å². The van der Waals surface area contributed by atoms with Crippen LogP contribution in [0.15, 0.2) is 206 Å². The first kappa shape index (κ1) is 32.4. The van der Waals surface area contributed by atoms with E-state index < -0.39 is 0 Å². The van der Waals surface area contributed by atoms with Crippen LogP contribution in [0.25, 0.3) is 71.7 Å². The van der Waals surface area contributed by atoms with Crippen LogP contribution >= 0.6 is 0 Å². The number of para-hydroxylation sites is 4. The molecule has 0 saturated carbocycles. The maximum absolute atomic E-state index is 5.11. The summed E-state index contributed by atoms with van der Waals surface area (Å²) in [5.74, 6) is 0. The van der Waals surface area contributed by atoms with Gasteiger partial charge in [0.2, 0.25) is 0 Å². The van der Waals surface area contributed by atoms with Crippen molar-refractivity contribution in [1.82, 2.24) is 9.13 Å². The third kappa shape index (κ3) is 5.57. The van der Waals surface area contributed by atoms with Crippen molar-refractivity contribution in [2.75, 3.05) is 0 Å². The molecule has 2 heterocycles. The number of hydrogen-bond donors (Lipinski definition) is 0. The van der Waals surface area contributed by atoms with Crippen molar-refractivity contribution < 1.29 is 0 Å². The molecule has 10 aromatic rings. The summed E-state index contributed by atoms with van der Waals surface area (Å²) in [6.45, 7) is 6.49. The quantitative estimate of drug-likeness (QED) is 0.147. The van der Waals surface area contributed by atoms with E-state index in [1.54, 1.807) is 0 Å². The molecule has 10 rings (SSSR count). The van der Waals surface area contributed by atoms with E-state index in [0.717, 1.165) is 39.3 Å². The van der Waals surface area contributed by atoms with E-state index in [9.17, 15) is 0 Å². The Bertz CT molecular complexity index is 3090. The molecule has 0 saturated heterocycles. The molecule has 8 aromatic carbocycles. The molecule has 0 unspecified atom stereocenters. The molecule has 260 valence electrons. The van der Waals surface area contributed by atoms with E-state index in [1.807, 2.05) is 30.3 Å². The van der Waals surface area contributed by atoms with Crippen molar-refractivity contribution in [3.8, 4) is 22.5 Å². The van der Waals surface area contributed by atoms with Gasteiger partial charge in [-0.25, -0.2) is 0 Å². The van der Waals surface area contributed by atoms with Crippen LogP contribution in [0.2, 0.25) is 0 Å². The highest BCUT2D eigenvalue weighted by Crippen LogP contribution is 2.38. The third-order valence-corrected chi connectivity index (χ3v) is 10.9. The van der Waals surface area contributed by atoms with Crippen molar-refractivity contribution in [3.05, 3.63) is 217 Å². The van der Waals surface area contributed by atoms with E-state index in [1.165, 1.54) is 60.4 Å². The lowest BCUT2D eigenvalue weighted by Crippen LogP contribution is -1.98. The van der Waals surface area contributed by atoms with Gasteiger partial charge in [-0.3, -0.25) is 4.99 Å². The zero-order chi connectivity index (χ0) is 36.9. The maximum Gasteiger partial charge on any atom is 0.0711 e. The molecule has 0 radical (unpaired) electrons. The van der Waals surface area contributed by atoms with Crippen LogP contribution < -0.4 is 0 Å². The molecule has 0 N–H and O–H groups in total. The number of hydrogen-bond acceptors (Lipinski definition) is 1. The van der Waals surface area contributed by atoms with Gasteiger partial charge < -0.3 is 9.13 Å². The predicted octanol–water partition coefficient (Wildman–Crippen LogP) is 13.7. The highest BCUT2D eigenvalue weighted by molar-refractivity contribution is 6.13. The topological polar surface area (TPSA) is 22.2 Å². The third-order valence-electron chi connectivity index (χ3n) is 10.9. The van der Waals surface area contributed by atoms with Crippen LogP contribution in [0, 0.1) is 0 Å². The summed E-state index contributed by atoms with van der Waals surface area (Å²) in [5, 5.41) is 4.98. The van der Waals surface area contributed by atoms with Gasteiger partial charge in [-0.05, 0) is 101 Å². The molecule has 0 spiro atoms. The van der Waals surface area contributed by atoms with Crippen molar-refractivity contribution in [3.63, 3.8) is 0 Å². The van der Waals surface area contributed by atoms with Gasteiger partial charge in [0.15, 0.2) is 0 Å². The molecule has 3 nitrogen and oxygen atoms in total. The minimum absolute atomic E-state index is 0.914. The minimum atomic E-state index is 0.914. The van der Waals surface area contributed by atoms with Crippen LogP contribution in [0.1, 0.15) is 23.6 Å². The normalized spacial score (nSPS) is 11.9. The number of rotatable bonds is 7.